The summed E-state index contributed by atoms with van der Waals surface area (Å²) in [6, 6.07) is 7.23. The van der Waals surface area contributed by atoms with Gasteiger partial charge in [-0.15, -0.1) is 5.10 Å². The molecule has 6 heteroatoms. The molecule has 0 radical (unpaired) electrons. The summed E-state index contributed by atoms with van der Waals surface area (Å²) in [5.41, 5.74) is 1.94. The van der Waals surface area contributed by atoms with Crippen LogP contribution in [-0.2, 0) is 13.1 Å². The molecule has 1 aliphatic rings. The van der Waals surface area contributed by atoms with Gasteiger partial charge < -0.3 is 0 Å². The minimum absolute atomic E-state index is 0.200. The van der Waals surface area contributed by atoms with Crippen molar-refractivity contribution in [3.05, 3.63) is 45.7 Å². The predicted octanol–water partition coefficient (Wildman–Crippen LogP) is 3.50. The van der Waals surface area contributed by atoms with Gasteiger partial charge >= 0.3 is 0 Å². The fourth-order valence-corrected chi connectivity index (χ4v) is 2.67. The van der Waals surface area contributed by atoms with Crippen LogP contribution in [0.15, 0.2) is 24.3 Å². The maximum absolute atomic E-state index is 12.9. The summed E-state index contributed by atoms with van der Waals surface area (Å²) in [6.07, 6.45) is 2.41. The van der Waals surface area contributed by atoms with E-state index in [9.17, 15) is 4.39 Å². The third-order valence-electron chi connectivity index (χ3n) is 3.22. The molecule has 19 heavy (non-hydrogen) atoms. The van der Waals surface area contributed by atoms with Gasteiger partial charge in [0.05, 0.1) is 0 Å². The molecule has 1 aromatic carbocycles. The van der Waals surface area contributed by atoms with Crippen molar-refractivity contribution >= 4 is 23.1 Å². The average molecular weight is 298 g/mol. The second-order valence-electron chi connectivity index (χ2n) is 4.76. The van der Waals surface area contributed by atoms with Gasteiger partial charge in [-0.25, -0.2) is 4.39 Å². The fourth-order valence-electron chi connectivity index (χ4n) is 2.06. The van der Waals surface area contributed by atoms with Crippen LogP contribution in [-0.4, -0.2) is 20.5 Å². The van der Waals surface area contributed by atoms with Gasteiger partial charge in [0.2, 0.25) is 0 Å². The zero-order valence-corrected chi connectivity index (χ0v) is 11.8. The number of hydrogen-bond acceptors (Lipinski definition) is 4. The molecule has 1 aromatic heterocycles. The maximum Gasteiger partial charge on any atom is 0.138 e. The van der Waals surface area contributed by atoms with Crippen molar-refractivity contribution in [2.75, 3.05) is 0 Å². The van der Waals surface area contributed by atoms with Crippen LogP contribution >= 0.6 is 23.1 Å². The Morgan fingerprint density at radius 1 is 1.26 bits per heavy atom. The van der Waals surface area contributed by atoms with Crippen LogP contribution in [0.25, 0.3) is 0 Å². The molecule has 0 aliphatic heterocycles. The van der Waals surface area contributed by atoms with Crippen molar-refractivity contribution in [2.24, 2.45) is 0 Å². The molecule has 0 unspecified atom stereocenters. The van der Waals surface area contributed by atoms with Crippen molar-refractivity contribution in [1.29, 1.82) is 0 Å². The number of halogens is 2. The van der Waals surface area contributed by atoms with Crippen LogP contribution in [0.4, 0.5) is 4.39 Å². The first-order valence-electron chi connectivity index (χ1n) is 6.17. The van der Waals surface area contributed by atoms with E-state index >= 15 is 0 Å². The van der Waals surface area contributed by atoms with Gasteiger partial charge in [-0.3, -0.25) is 4.90 Å². The number of hydrogen-bond donors (Lipinski definition) is 0. The third-order valence-corrected chi connectivity index (χ3v) is 4.21. The zero-order chi connectivity index (χ0) is 13.2. The van der Waals surface area contributed by atoms with E-state index in [1.165, 1.54) is 36.5 Å². The Labute approximate surface area is 120 Å². The van der Waals surface area contributed by atoms with Crippen LogP contribution in [0, 0.1) is 5.82 Å². The molecule has 0 bridgehead atoms. The average Bonchev–Trinajstić information content (AvgIpc) is 3.17. The van der Waals surface area contributed by atoms with E-state index in [4.69, 9.17) is 11.6 Å². The Bertz CT molecular complexity index is 553. The highest BCUT2D eigenvalue weighted by molar-refractivity contribution is 7.10. The molecule has 1 fully saturated rings. The first kappa shape index (κ1) is 13.0. The molecular weight excluding hydrogens is 285 g/mol. The van der Waals surface area contributed by atoms with Crippen LogP contribution in [0.2, 0.25) is 4.34 Å². The molecule has 0 saturated heterocycles. The molecule has 0 N–H and O–H groups in total. The molecule has 3 rings (SSSR count). The summed E-state index contributed by atoms with van der Waals surface area (Å²) in [6.45, 7) is 1.50. The highest BCUT2D eigenvalue weighted by Crippen LogP contribution is 2.31. The van der Waals surface area contributed by atoms with Gasteiger partial charge in [0.15, 0.2) is 0 Å². The first-order chi connectivity index (χ1) is 9.22. The van der Waals surface area contributed by atoms with Gasteiger partial charge in [-0.2, -0.15) is 0 Å². The SMILES string of the molecule is Fc1ccc(CN(Cc2nnsc2Cl)C2CC2)cc1. The summed E-state index contributed by atoms with van der Waals surface area (Å²) < 4.78 is 17.4. The van der Waals surface area contributed by atoms with E-state index < -0.39 is 0 Å². The summed E-state index contributed by atoms with van der Waals surface area (Å²) in [5.74, 6) is -0.200. The summed E-state index contributed by atoms with van der Waals surface area (Å²) >= 11 is 7.26. The maximum atomic E-state index is 12.9. The minimum Gasteiger partial charge on any atom is -0.290 e. The second kappa shape index (κ2) is 5.53. The van der Waals surface area contributed by atoms with Gasteiger partial charge in [0, 0.05) is 30.7 Å². The summed E-state index contributed by atoms with van der Waals surface area (Å²) in [5, 5.41) is 4.06. The topological polar surface area (TPSA) is 29.0 Å². The third kappa shape index (κ3) is 3.29. The Kier molecular flexibility index (Phi) is 3.77. The molecule has 0 amide bonds. The predicted molar refractivity (Wildman–Crippen MR) is 73.6 cm³/mol. The molecule has 3 nitrogen and oxygen atoms in total. The van der Waals surface area contributed by atoms with Crippen molar-refractivity contribution in [3.8, 4) is 0 Å². The monoisotopic (exact) mass is 297 g/mol. The van der Waals surface area contributed by atoms with Gasteiger partial charge in [-0.1, -0.05) is 28.2 Å². The van der Waals surface area contributed by atoms with Crippen molar-refractivity contribution < 1.29 is 4.39 Å². The van der Waals surface area contributed by atoms with Crippen LogP contribution in [0.5, 0.6) is 0 Å². The Morgan fingerprint density at radius 3 is 2.58 bits per heavy atom. The lowest BCUT2D eigenvalue weighted by Crippen LogP contribution is -2.25. The molecule has 1 aliphatic carbocycles. The quantitative estimate of drug-likeness (QED) is 0.846. The van der Waals surface area contributed by atoms with Crippen LogP contribution < -0.4 is 0 Å². The van der Waals surface area contributed by atoms with Crippen LogP contribution in [0.1, 0.15) is 24.1 Å². The first-order valence-corrected chi connectivity index (χ1v) is 7.33. The Morgan fingerprint density at radius 2 is 2.00 bits per heavy atom. The smallest absolute Gasteiger partial charge is 0.138 e. The van der Waals surface area contributed by atoms with E-state index in [1.54, 1.807) is 0 Å². The highest BCUT2D eigenvalue weighted by atomic mass is 35.5. The number of aromatic nitrogens is 2. The van der Waals surface area contributed by atoms with Crippen molar-refractivity contribution in [3.63, 3.8) is 0 Å². The number of rotatable bonds is 5. The van der Waals surface area contributed by atoms with Gasteiger partial charge in [-0.05, 0) is 30.5 Å². The lowest BCUT2D eigenvalue weighted by Gasteiger charge is -2.21. The zero-order valence-electron chi connectivity index (χ0n) is 10.2. The largest absolute Gasteiger partial charge is 0.290 e. The molecule has 100 valence electrons. The van der Waals surface area contributed by atoms with E-state index in [0.29, 0.717) is 16.9 Å². The fraction of sp³-hybridized carbons (Fsp3) is 0.385. The second-order valence-corrected chi connectivity index (χ2v) is 6.11. The molecule has 1 saturated carbocycles. The molecule has 0 spiro atoms. The van der Waals surface area contributed by atoms with E-state index in [2.05, 4.69) is 14.5 Å². The van der Waals surface area contributed by atoms with Gasteiger partial charge in [0.25, 0.3) is 0 Å². The Hall–Kier alpha value is -1.04. The standard InChI is InChI=1S/C13H13ClFN3S/c14-13-12(16-17-19-13)8-18(11-5-6-11)7-9-1-3-10(15)4-2-9/h1-4,11H,5-8H2. The minimum atomic E-state index is -0.200. The molecule has 0 atom stereocenters. The van der Waals surface area contributed by atoms with Crippen molar-refractivity contribution in [2.45, 2.75) is 32.0 Å². The summed E-state index contributed by atoms with van der Waals surface area (Å²) in [7, 11) is 0. The number of nitrogens with zero attached hydrogens (tertiary/aromatic N) is 3. The molecular formula is C13H13ClFN3S. The Balaban J connectivity index is 1.71. The highest BCUT2D eigenvalue weighted by Gasteiger charge is 2.30. The number of benzene rings is 1. The van der Waals surface area contributed by atoms with E-state index in [0.717, 1.165) is 17.8 Å². The molecule has 1 heterocycles. The molecule has 2 aromatic rings. The van der Waals surface area contributed by atoms with Crippen LogP contribution in [0.3, 0.4) is 0 Å². The normalized spacial score (nSPS) is 15.1. The summed E-state index contributed by atoms with van der Waals surface area (Å²) in [4.78, 5) is 2.33. The van der Waals surface area contributed by atoms with E-state index in [1.807, 2.05) is 12.1 Å². The van der Waals surface area contributed by atoms with Gasteiger partial charge in [0.1, 0.15) is 15.8 Å². The lowest BCUT2D eigenvalue weighted by molar-refractivity contribution is 0.242. The van der Waals surface area contributed by atoms with E-state index in [-0.39, 0.29) is 5.82 Å². The van der Waals surface area contributed by atoms with Crippen molar-refractivity contribution in [1.82, 2.24) is 14.5 Å². The lowest BCUT2D eigenvalue weighted by atomic mass is 10.2.